The Morgan fingerprint density at radius 2 is 2.30 bits per heavy atom. The molecule has 1 aromatic heterocycles. The maximum Gasteiger partial charge on any atom is 0.310 e. The highest BCUT2D eigenvalue weighted by Crippen LogP contribution is 2.31. The first kappa shape index (κ1) is 15.0. The maximum atomic E-state index is 12.3. The molecule has 0 saturated heterocycles. The fraction of sp³-hybridized carbons (Fsp3) is 0.667. The molecule has 1 heterocycles. The molecule has 2 unspecified atom stereocenters. The minimum atomic E-state index is -3.55. The van der Waals surface area contributed by atoms with Crippen LogP contribution >= 0.6 is 0 Å². The lowest BCUT2D eigenvalue weighted by Gasteiger charge is -2.18. The van der Waals surface area contributed by atoms with Crippen molar-refractivity contribution in [1.29, 1.82) is 0 Å². The van der Waals surface area contributed by atoms with Crippen LogP contribution in [0.15, 0.2) is 12.3 Å². The summed E-state index contributed by atoms with van der Waals surface area (Å²) in [5.74, 6) is -1.01. The van der Waals surface area contributed by atoms with E-state index in [1.807, 2.05) is 0 Å². The normalized spacial score (nSPS) is 22.9. The van der Waals surface area contributed by atoms with Crippen molar-refractivity contribution in [2.24, 2.45) is 13.0 Å². The van der Waals surface area contributed by atoms with Gasteiger partial charge in [-0.3, -0.25) is 9.48 Å². The SMILES string of the molecule is COC(=O)C1CCCC1S(=O)(=O)NCc1ccnn1C. The van der Waals surface area contributed by atoms with Crippen molar-refractivity contribution >= 4 is 16.0 Å². The van der Waals surface area contributed by atoms with Gasteiger partial charge in [0.15, 0.2) is 0 Å². The number of nitrogens with one attached hydrogen (secondary N) is 1. The fourth-order valence-electron chi connectivity index (χ4n) is 2.57. The standard InChI is InChI=1S/C12H19N3O4S/c1-15-9(6-7-13-15)8-14-20(17,18)11-5-3-4-10(11)12(16)19-2/h6-7,10-11,14H,3-5,8H2,1-2H3. The van der Waals surface area contributed by atoms with Crippen LogP contribution in [-0.2, 0) is 33.1 Å². The van der Waals surface area contributed by atoms with Crippen LogP contribution < -0.4 is 4.72 Å². The minimum Gasteiger partial charge on any atom is -0.469 e. The molecule has 0 aliphatic heterocycles. The highest BCUT2D eigenvalue weighted by atomic mass is 32.2. The second-order valence-corrected chi connectivity index (χ2v) is 6.90. The first-order chi connectivity index (χ1) is 9.45. The number of rotatable bonds is 5. The Morgan fingerprint density at radius 1 is 1.55 bits per heavy atom. The van der Waals surface area contributed by atoms with Gasteiger partial charge in [0, 0.05) is 13.2 Å². The number of aryl methyl sites for hydroxylation is 1. The number of aromatic nitrogens is 2. The summed E-state index contributed by atoms with van der Waals surface area (Å²) in [6.45, 7) is 0.170. The lowest BCUT2D eigenvalue weighted by atomic mass is 10.1. The predicted molar refractivity (Wildman–Crippen MR) is 72.1 cm³/mol. The largest absolute Gasteiger partial charge is 0.469 e. The van der Waals surface area contributed by atoms with Gasteiger partial charge in [-0.15, -0.1) is 0 Å². The molecule has 7 nitrogen and oxygen atoms in total. The van der Waals surface area contributed by atoms with Crippen LogP contribution in [-0.4, -0.2) is 36.5 Å². The van der Waals surface area contributed by atoms with Crippen molar-refractivity contribution in [1.82, 2.24) is 14.5 Å². The number of esters is 1. The van der Waals surface area contributed by atoms with Gasteiger partial charge in [-0.1, -0.05) is 6.42 Å². The number of nitrogens with zero attached hydrogens (tertiary/aromatic N) is 2. The highest BCUT2D eigenvalue weighted by Gasteiger charge is 2.42. The number of carbonyl (C=O) groups is 1. The Hall–Kier alpha value is -1.41. The molecule has 1 saturated carbocycles. The van der Waals surface area contributed by atoms with Crippen LogP contribution in [0.3, 0.4) is 0 Å². The summed E-state index contributed by atoms with van der Waals surface area (Å²) in [5, 5.41) is 3.27. The van der Waals surface area contributed by atoms with Crippen molar-refractivity contribution < 1.29 is 17.9 Å². The molecular weight excluding hydrogens is 282 g/mol. The van der Waals surface area contributed by atoms with Crippen molar-refractivity contribution in [2.45, 2.75) is 31.1 Å². The molecule has 0 spiro atoms. The number of carbonyl (C=O) groups excluding carboxylic acids is 1. The lowest BCUT2D eigenvalue weighted by molar-refractivity contribution is -0.145. The summed E-state index contributed by atoms with van der Waals surface area (Å²) in [6.07, 6.45) is 3.37. The fourth-order valence-corrected chi connectivity index (χ4v) is 4.29. The van der Waals surface area contributed by atoms with Gasteiger partial charge in [0.05, 0.1) is 30.5 Å². The van der Waals surface area contributed by atoms with E-state index in [2.05, 4.69) is 14.6 Å². The van der Waals surface area contributed by atoms with Crippen LogP contribution in [0.4, 0.5) is 0 Å². The average Bonchev–Trinajstić information content (AvgIpc) is 3.04. The van der Waals surface area contributed by atoms with Gasteiger partial charge in [0.2, 0.25) is 10.0 Å². The van der Waals surface area contributed by atoms with E-state index in [-0.39, 0.29) is 6.54 Å². The van der Waals surface area contributed by atoms with E-state index < -0.39 is 27.2 Å². The van der Waals surface area contributed by atoms with Crippen molar-refractivity contribution in [3.05, 3.63) is 18.0 Å². The molecule has 0 aromatic carbocycles. The summed E-state index contributed by atoms with van der Waals surface area (Å²) in [6, 6.07) is 1.74. The van der Waals surface area contributed by atoms with E-state index in [0.29, 0.717) is 12.8 Å². The zero-order valence-electron chi connectivity index (χ0n) is 11.6. The van der Waals surface area contributed by atoms with Crippen molar-refractivity contribution in [3.8, 4) is 0 Å². The molecular formula is C12H19N3O4S. The average molecular weight is 301 g/mol. The number of hydrogen-bond donors (Lipinski definition) is 1. The summed E-state index contributed by atoms with van der Waals surface area (Å²) in [5.41, 5.74) is 0.765. The molecule has 112 valence electrons. The quantitative estimate of drug-likeness (QED) is 0.784. The maximum absolute atomic E-state index is 12.3. The molecule has 0 bridgehead atoms. The Bertz CT molecular complexity index is 581. The third-order valence-electron chi connectivity index (χ3n) is 3.73. The van der Waals surface area contributed by atoms with Crippen LogP contribution in [0.25, 0.3) is 0 Å². The monoisotopic (exact) mass is 301 g/mol. The predicted octanol–water partition coefficient (Wildman–Crippen LogP) is 0.181. The van der Waals surface area contributed by atoms with Crippen molar-refractivity contribution in [2.75, 3.05) is 7.11 Å². The number of methoxy groups -OCH3 is 1. The van der Waals surface area contributed by atoms with E-state index in [1.165, 1.54) is 7.11 Å². The van der Waals surface area contributed by atoms with E-state index >= 15 is 0 Å². The Balaban J connectivity index is 2.06. The zero-order chi connectivity index (χ0) is 14.8. The molecule has 0 amide bonds. The zero-order valence-corrected chi connectivity index (χ0v) is 12.4. The molecule has 2 atom stereocenters. The van der Waals surface area contributed by atoms with Crippen LogP contribution in [0.2, 0.25) is 0 Å². The first-order valence-electron chi connectivity index (χ1n) is 6.49. The third-order valence-corrected chi connectivity index (χ3v) is 5.64. The summed E-state index contributed by atoms with van der Waals surface area (Å²) in [7, 11) is -0.517. The van der Waals surface area contributed by atoms with Gasteiger partial charge in [0.25, 0.3) is 0 Å². The summed E-state index contributed by atoms with van der Waals surface area (Å²) in [4.78, 5) is 11.6. The molecule has 2 rings (SSSR count). The van der Waals surface area contributed by atoms with Gasteiger partial charge in [-0.2, -0.15) is 5.10 Å². The van der Waals surface area contributed by atoms with E-state index in [4.69, 9.17) is 0 Å². The molecule has 8 heteroatoms. The topological polar surface area (TPSA) is 90.3 Å². The van der Waals surface area contributed by atoms with Gasteiger partial charge < -0.3 is 4.74 Å². The smallest absolute Gasteiger partial charge is 0.310 e. The second kappa shape index (κ2) is 5.92. The molecule has 1 aliphatic carbocycles. The highest BCUT2D eigenvalue weighted by molar-refractivity contribution is 7.90. The molecule has 1 aliphatic rings. The number of ether oxygens (including phenoxy) is 1. The van der Waals surface area contributed by atoms with Gasteiger partial charge in [-0.25, -0.2) is 13.1 Å². The summed E-state index contributed by atoms with van der Waals surface area (Å²) >= 11 is 0. The van der Waals surface area contributed by atoms with E-state index in [1.54, 1.807) is 24.0 Å². The van der Waals surface area contributed by atoms with Crippen molar-refractivity contribution in [3.63, 3.8) is 0 Å². The third kappa shape index (κ3) is 3.01. The van der Waals surface area contributed by atoms with Gasteiger partial charge >= 0.3 is 5.97 Å². The Labute approximate surface area is 118 Å². The first-order valence-corrected chi connectivity index (χ1v) is 8.03. The number of sulfonamides is 1. The van der Waals surface area contributed by atoms with Gasteiger partial charge in [-0.05, 0) is 18.9 Å². The molecule has 1 N–H and O–H groups in total. The summed E-state index contributed by atoms with van der Waals surface area (Å²) < 4.78 is 33.5. The minimum absolute atomic E-state index is 0.170. The molecule has 1 aromatic rings. The Morgan fingerprint density at radius 3 is 2.90 bits per heavy atom. The Kier molecular flexibility index (Phi) is 4.44. The second-order valence-electron chi connectivity index (χ2n) is 4.91. The van der Waals surface area contributed by atoms with Crippen LogP contribution in [0.1, 0.15) is 25.0 Å². The molecule has 1 fully saturated rings. The van der Waals surface area contributed by atoms with Crippen LogP contribution in [0, 0.1) is 5.92 Å². The lowest BCUT2D eigenvalue weighted by Crippen LogP contribution is -2.39. The van der Waals surface area contributed by atoms with E-state index in [9.17, 15) is 13.2 Å². The molecule has 20 heavy (non-hydrogen) atoms. The molecule has 0 radical (unpaired) electrons. The number of hydrogen-bond acceptors (Lipinski definition) is 5. The van der Waals surface area contributed by atoms with Crippen LogP contribution in [0.5, 0.6) is 0 Å². The van der Waals surface area contributed by atoms with Gasteiger partial charge in [0.1, 0.15) is 0 Å². The van der Waals surface area contributed by atoms with E-state index in [0.717, 1.165) is 12.1 Å².